The molecule has 0 aliphatic rings. The van der Waals surface area contributed by atoms with Crippen LogP contribution in [0.4, 0.5) is 5.69 Å². The number of aromatic nitrogens is 1. The predicted molar refractivity (Wildman–Crippen MR) is 46.2 cm³/mol. The van der Waals surface area contributed by atoms with E-state index in [1.54, 1.807) is 12.4 Å². The number of nitrogen functional groups attached to an aromatic ring is 1. The number of nitrogens with zero attached hydrogens (tertiary/aromatic N) is 1. The SMILES string of the molecule is Nc1cccc2ccncc12. The molecule has 2 heteroatoms. The molecule has 0 atom stereocenters. The van der Waals surface area contributed by atoms with Crippen molar-refractivity contribution in [2.24, 2.45) is 0 Å². The molecule has 2 aromatic rings. The minimum atomic E-state index is 0.788. The number of anilines is 1. The summed E-state index contributed by atoms with van der Waals surface area (Å²) in [5, 5.41) is 2.16. The van der Waals surface area contributed by atoms with Crippen molar-refractivity contribution in [3.05, 3.63) is 36.7 Å². The molecule has 0 spiro atoms. The predicted octanol–water partition coefficient (Wildman–Crippen LogP) is 1.82. The van der Waals surface area contributed by atoms with Crippen molar-refractivity contribution in [1.29, 1.82) is 0 Å². The molecule has 0 saturated carbocycles. The van der Waals surface area contributed by atoms with Gasteiger partial charge in [0, 0.05) is 23.5 Å². The first kappa shape index (κ1) is 6.16. The first-order valence-electron chi connectivity index (χ1n) is 3.46. The summed E-state index contributed by atoms with van der Waals surface area (Å²) in [6.45, 7) is 0. The Morgan fingerprint density at radius 3 is 2.91 bits per heavy atom. The van der Waals surface area contributed by atoms with Crippen molar-refractivity contribution in [3.8, 4) is 0 Å². The van der Waals surface area contributed by atoms with Crippen molar-refractivity contribution < 1.29 is 0 Å². The number of fused-ring (bicyclic) bond motifs is 1. The normalized spacial score (nSPS) is 10.2. The van der Waals surface area contributed by atoms with Gasteiger partial charge in [-0.1, -0.05) is 12.1 Å². The zero-order chi connectivity index (χ0) is 7.68. The van der Waals surface area contributed by atoms with Gasteiger partial charge in [-0.3, -0.25) is 4.98 Å². The summed E-state index contributed by atoms with van der Waals surface area (Å²) < 4.78 is 0. The molecule has 1 aromatic carbocycles. The molecule has 2 rings (SSSR count). The summed E-state index contributed by atoms with van der Waals surface area (Å²) in [5.41, 5.74) is 6.50. The van der Waals surface area contributed by atoms with Gasteiger partial charge < -0.3 is 5.73 Å². The van der Waals surface area contributed by atoms with Gasteiger partial charge in [0.1, 0.15) is 0 Å². The van der Waals surface area contributed by atoms with E-state index in [-0.39, 0.29) is 0 Å². The van der Waals surface area contributed by atoms with Crippen LogP contribution in [-0.4, -0.2) is 4.98 Å². The van der Waals surface area contributed by atoms with Crippen LogP contribution in [0.3, 0.4) is 0 Å². The zero-order valence-electron chi connectivity index (χ0n) is 5.99. The number of pyridine rings is 1. The van der Waals surface area contributed by atoms with Crippen LogP contribution in [-0.2, 0) is 0 Å². The van der Waals surface area contributed by atoms with Gasteiger partial charge in [0.25, 0.3) is 0 Å². The van der Waals surface area contributed by atoms with Crippen LogP contribution in [0, 0.1) is 0 Å². The van der Waals surface area contributed by atoms with Crippen LogP contribution < -0.4 is 5.73 Å². The van der Waals surface area contributed by atoms with Crippen molar-refractivity contribution in [2.45, 2.75) is 0 Å². The van der Waals surface area contributed by atoms with E-state index in [0.717, 1.165) is 16.5 Å². The standard InChI is InChI=1S/C9H8N2/c10-9-3-1-2-7-4-5-11-6-8(7)9/h1-6H,10H2. The van der Waals surface area contributed by atoms with Gasteiger partial charge in [0.15, 0.2) is 0 Å². The van der Waals surface area contributed by atoms with Crippen LogP contribution in [0.2, 0.25) is 0 Å². The monoisotopic (exact) mass is 144 g/mol. The third-order valence-corrected chi connectivity index (χ3v) is 1.72. The molecule has 0 aliphatic carbocycles. The van der Waals surface area contributed by atoms with Gasteiger partial charge in [0.2, 0.25) is 0 Å². The maximum absolute atomic E-state index is 5.72. The fourth-order valence-electron chi connectivity index (χ4n) is 1.14. The van der Waals surface area contributed by atoms with Gasteiger partial charge in [-0.15, -0.1) is 0 Å². The summed E-state index contributed by atoms with van der Waals surface area (Å²) >= 11 is 0. The smallest absolute Gasteiger partial charge is 0.0409 e. The largest absolute Gasteiger partial charge is 0.398 e. The van der Waals surface area contributed by atoms with Crippen LogP contribution in [0.5, 0.6) is 0 Å². The van der Waals surface area contributed by atoms with Crippen molar-refractivity contribution >= 4 is 16.5 Å². The molecule has 0 radical (unpaired) electrons. The second-order valence-electron chi connectivity index (χ2n) is 2.44. The summed E-state index contributed by atoms with van der Waals surface area (Å²) in [5.74, 6) is 0. The Balaban J connectivity index is 2.91. The summed E-state index contributed by atoms with van der Waals surface area (Å²) in [6.07, 6.45) is 3.55. The molecule has 1 heterocycles. The van der Waals surface area contributed by atoms with Crippen LogP contribution in [0.1, 0.15) is 0 Å². The van der Waals surface area contributed by atoms with E-state index in [1.807, 2.05) is 24.3 Å². The molecule has 1 aromatic heterocycles. The highest BCUT2D eigenvalue weighted by molar-refractivity contribution is 5.91. The van der Waals surface area contributed by atoms with Crippen molar-refractivity contribution in [3.63, 3.8) is 0 Å². The molecule has 0 aliphatic heterocycles. The molecule has 0 bridgehead atoms. The maximum atomic E-state index is 5.72. The quantitative estimate of drug-likeness (QED) is 0.573. The average Bonchev–Trinajstić information content (AvgIpc) is 2.06. The summed E-state index contributed by atoms with van der Waals surface area (Å²) in [7, 11) is 0. The fourth-order valence-corrected chi connectivity index (χ4v) is 1.14. The molecule has 0 amide bonds. The van der Waals surface area contributed by atoms with Crippen molar-refractivity contribution in [2.75, 3.05) is 5.73 Å². The molecule has 54 valence electrons. The lowest BCUT2D eigenvalue weighted by Gasteiger charge is -1.98. The van der Waals surface area contributed by atoms with Gasteiger partial charge in [-0.25, -0.2) is 0 Å². The number of rotatable bonds is 0. The van der Waals surface area contributed by atoms with Crippen LogP contribution in [0.25, 0.3) is 10.8 Å². The van der Waals surface area contributed by atoms with E-state index in [9.17, 15) is 0 Å². The lowest BCUT2D eigenvalue weighted by atomic mass is 10.1. The first-order chi connectivity index (χ1) is 5.38. The maximum Gasteiger partial charge on any atom is 0.0409 e. The Kier molecular flexibility index (Phi) is 1.25. The fraction of sp³-hybridized carbons (Fsp3) is 0. The highest BCUT2D eigenvalue weighted by atomic mass is 14.6. The summed E-state index contributed by atoms with van der Waals surface area (Å²) in [6, 6.07) is 7.79. The van der Waals surface area contributed by atoms with Crippen LogP contribution >= 0.6 is 0 Å². The molecule has 0 fully saturated rings. The van der Waals surface area contributed by atoms with E-state index >= 15 is 0 Å². The molecule has 11 heavy (non-hydrogen) atoms. The van der Waals surface area contributed by atoms with E-state index in [0.29, 0.717) is 0 Å². The van der Waals surface area contributed by atoms with E-state index in [4.69, 9.17) is 5.73 Å². The average molecular weight is 144 g/mol. The van der Waals surface area contributed by atoms with E-state index < -0.39 is 0 Å². The number of benzene rings is 1. The number of nitrogens with two attached hydrogens (primary N) is 1. The summed E-state index contributed by atoms with van der Waals surface area (Å²) in [4.78, 5) is 3.99. The minimum absolute atomic E-state index is 0.788. The number of hydrogen-bond acceptors (Lipinski definition) is 2. The molecule has 2 N–H and O–H groups in total. The van der Waals surface area contributed by atoms with E-state index in [1.165, 1.54) is 0 Å². The molecule has 0 unspecified atom stereocenters. The number of hydrogen-bond donors (Lipinski definition) is 1. The third kappa shape index (κ3) is 0.923. The molecular weight excluding hydrogens is 136 g/mol. The van der Waals surface area contributed by atoms with Crippen molar-refractivity contribution in [1.82, 2.24) is 4.98 Å². The third-order valence-electron chi connectivity index (χ3n) is 1.72. The second kappa shape index (κ2) is 2.23. The van der Waals surface area contributed by atoms with Gasteiger partial charge >= 0.3 is 0 Å². The zero-order valence-corrected chi connectivity index (χ0v) is 5.99. The van der Waals surface area contributed by atoms with E-state index in [2.05, 4.69) is 4.98 Å². The van der Waals surface area contributed by atoms with Gasteiger partial charge in [-0.05, 0) is 17.5 Å². The topological polar surface area (TPSA) is 38.9 Å². The lowest BCUT2D eigenvalue weighted by Crippen LogP contribution is -1.86. The Morgan fingerprint density at radius 2 is 2.09 bits per heavy atom. The minimum Gasteiger partial charge on any atom is -0.398 e. The Hall–Kier alpha value is -1.57. The lowest BCUT2D eigenvalue weighted by molar-refractivity contribution is 1.36. The Bertz CT molecular complexity index is 377. The Labute approximate surface area is 64.7 Å². The molecule has 0 saturated heterocycles. The van der Waals surface area contributed by atoms with Crippen LogP contribution in [0.15, 0.2) is 36.7 Å². The van der Waals surface area contributed by atoms with Gasteiger partial charge in [-0.2, -0.15) is 0 Å². The first-order valence-corrected chi connectivity index (χ1v) is 3.46. The van der Waals surface area contributed by atoms with Gasteiger partial charge in [0.05, 0.1) is 0 Å². The molecular formula is C9H8N2. The highest BCUT2D eigenvalue weighted by Crippen LogP contribution is 2.18. The highest BCUT2D eigenvalue weighted by Gasteiger charge is 1.93. The Morgan fingerprint density at radius 1 is 1.18 bits per heavy atom. The molecule has 2 nitrogen and oxygen atoms in total. The second-order valence-corrected chi connectivity index (χ2v) is 2.44.